The second-order valence-electron chi connectivity index (χ2n) is 5.82. The number of carboxylic acids is 1. The lowest BCUT2D eigenvalue weighted by atomic mass is 9.93. The minimum atomic E-state index is -1.07. The molecule has 1 heterocycles. The fourth-order valence-corrected chi connectivity index (χ4v) is 2.44. The molecular formula is C16H26O6. The van der Waals surface area contributed by atoms with Crippen LogP contribution in [0.15, 0.2) is 12.2 Å². The van der Waals surface area contributed by atoms with Gasteiger partial charge in [-0.3, -0.25) is 4.79 Å². The van der Waals surface area contributed by atoms with Gasteiger partial charge < -0.3 is 19.3 Å². The molecule has 1 N–H and O–H groups in total. The summed E-state index contributed by atoms with van der Waals surface area (Å²) in [6.07, 6.45) is 3.14. The summed E-state index contributed by atoms with van der Waals surface area (Å²) in [7, 11) is 0. The first-order chi connectivity index (χ1) is 10.3. The van der Waals surface area contributed by atoms with E-state index in [1.165, 1.54) is 6.92 Å². The average molecular weight is 314 g/mol. The van der Waals surface area contributed by atoms with Crippen molar-refractivity contribution in [2.24, 2.45) is 5.92 Å². The van der Waals surface area contributed by atoms with E-state index in [1.807, 2.05) is 0 Å². The van der Waals surface area contributed by atoms with Crippen LogP contribution in [0.1, 0.15) is 46.5 Å². The Balaban J connectivity index is 2.73. The van der Waals surface area contributed by atoms with E-state index in [1.54, 1.807) is 6.92 Å². The number of carbonyl (C=O) groups excluding carboxylic acids is 1. The summed E-state index contributed by atoms with van der Waals surface area (Å²) in [4.78, 5) is 22.1. The SMILES string of the molecule is C=C(CC(COC(C)=O)C1(C)OCC(CCCC)O1)C(=O)O. The molecule has 6 heteroatoms. The second-order valence-corrected chi connectivity index (χ2v) is 5.82. The largest absolute Gasteiger partial charge is 0.478 e. The van der Waals surface area contributed by atoms with Crippen LogP contribution in [0.5, 0.6) is 0 Å². The molecular weight excluding hydrogens is 288 g/mol. The zero-order chi connectivity index (χ0) is 16.8. The fraction of sp³-hybridized carbons (Fsp3) is 0.750. The van der Waals surface area contributed by atoms with Crippen LogP contribution in [0.3, 0.4) is 0 Å². The molecule has 0 aromatic rings. The van der Waals surface area contributed by atoms with E-state index in [2.05, 4.69) is 13.5 Å². The van der Waals surface area contributed by atoms with E-state index in [0.717, 1.165) is 19.3 Å². The highest BCUT2D eigenvalue weighted by Crippen LogP contribution is 2.36. The van der Waals surface area contributed by atoms with Gasteiger partial charge in [-0.2, -0.15) is 0 Å². The van der Waals surface area contributed by atoms with Crippen LogP contribution in [0.25, 0.3) is 0 Å². The molecule has 22 heavy (non-hydrogen) atoms. The van der Waals surface area contributed by atoms with Gasteiger partial charge in [0.1, 0.15) is 0 Å². The number of hydrogen-bond donors (Lipinski definition) is 1. The van der Waals surface area contributed by atoms with Gasteiger partial charge in [0.15, 0.2) is 5.79 Å². The van der Waals surface area contributed by atoms with Crippen molar-refractivity contribution in [3.05, 3.63) is 12.2 Å². The molecule has 0 aliphatic carbocycles. The van der Waals surface area contributed by atoms with Crippen molar-refractivity contribution in [2.75, 3.05) is 13.2 Å². The molecule has 6 nitrogen and oxygen atoms in total. The monoisotopic (exact) mass is 314 g/mol. The van der Waals surface area contributed by atoms with Gasteiger partial charge in [0, 0.05) is 12.5 Å². The van der Waals surface area contributed by atoms with E-state index in [-0.39, 0.29) is 24.7 Å². The maximum atomic E-state index is 11.1. The van der Waals surface area contributed by atoms with Crippen molar-refractivity contribution in [3.63, 3.8) is 0 Å². The molecule has 0 aromatic heterocycles. The number of rotatable bonds is 9. The summed E-state index contributed by atoms with van der Waals surface area (Å²) in [5.41, 5.74) is 0.0441. The van der Waals surface area contributed by atoms with Gasteiger partial charge in [0.2, 0.25) is 0 Å². The molecule has 3 atom stereocenters. The Labute approximate surface area is 131 Å². The van der Waals surface area contributed by atoms with E-state index in [0.29, 0.717) is 6.61 Å². The predicted molar refractivity (Wildman–Crippen MR) is 80.3 cm³/mol. The highest BCUT2D eigenvalue weighted by molar-refractivity contribution is 5.85. The molecule has 1 rings (SSSR count). The topological polar surface area (TPSA) is 82.1 Å². The van der Waals surface area contributed by atoms with Gasteiger partial charge in [-0.05, 0) is 19.8 Å². The summed E-state index contributed by atoms with van der Waals surface area (Å²) in [5, 5.41) is 9.01. The van der Waals surface area contributed by atoms with Crippen LogP contribution >= 0.6 is 0 Å². The smallest absolute Gasteiger partial charge is 0.330 e. The molecule has 0 aromatic carbocycles. The molecule has 1 saturated heterocycles. The Morgan fingerprint density at radius 2 is 2.18 bits per heavy atom. The third kappa shape index (κ3) is 5.42. The summed E-state index contributed by atoms with van der Waals surface area (Å²) >= 11 is 0. The first-order valence-electron chi connectivity index (χ1n) is 7.64. The average Bonchev–Trinajstić information content (AvgIpc) is 2.83. The van der Waals surface area contributed by atoms with Crippen molar-refractivity contribution < 1.29 is 28.9 Å². The van der Waals surface area contributed by atoms with Gasteiger partial charge in [-0.15, -0.1) is 0 Å². The number of ether oxygens (including phenoxy) is 3. The molecule has 0 spiro atoms. The van der Waals surface area contributed by atoms with E-state index >= 15 is 0 Å². The third-order valence-electron chi connectivity index (χ3n) is 3.86. The number of carboxylic acid groups (broad SMARTS) is 1. The molecule has 126 valence electrons. The van der Waals surface area contributed by atoms with Gasteiger partial charge >= 0.3 is 11.9 Å². The summed E-state index contributed by atoms with van der Waals surface area (Å²) in [6.45, 7) is 9.23. The zero-order valence-corrected chi connectivity index (χ0v) is 13.6. The number of esters is 1. The van der Waals surface area contributed by atoms with Crippen molar-refractivity contribution in [3.8, 4) is 0 Å². The number of unbranched alkanes of at least 4 members (excludes halogenated alkanes) is 1. The summed E-state index contributed by atoms with van der Waals surface area (Å²) in [5.74, 6) is -2.87. The van der Waals surface area contributed by atoms with Crippen molar-refractivity contribution in [1.82, 2.24) is 0 Å². The Morgan fingerprint density at radius 3 is 2.73 bits per heavy atom. The highest BCUT2D eigenvalue weighted by Gasteiger charge is 2.44. The lowest BCUT2D eigenvalue weighted by Gasteiger charge is -2.32. The molecule has 1 aliphatic rings. The van der Waals surface area contributed by atoms with Crippen molar-refractivity contribution in [2.45, 2.75) is 58.3 Å². The summed E-state index contributed by atoms with van der Waals surface area (Å²) < 4.78 is 16.8. The quantitative estimate of drug-likeness (QED) is 0.520. The van der Waals surface area contributed by atoms with Crippen LogP contribution in [-0.4, -0.2) is 42.1 Å². The van der Waals surface area contributed by atoms with Crippen LogP contribution < -0.4 is 0 Å². The van der Waals surface area contributed by atoms with Crippen LogP contribution in [0.2, 0.25) is 0 Å². The lowest BCUT2D eigenvalue weighted by molar-refractivity contribution is -0.203. The zero-order valence-electron chi connectivity index (χ0n) is 13.6. The predicted octanol–water partition coefficient (Wildman–Crippen LogP) is 2.52. The van der Waals surface area contributed by atoms with Crippen LogP contribution in [-0.2, 0) is 23.8 Å². The molecule has 1 fully saturated rings. The Bertz CT molecular complexity index is 419. The minimum Gasteiger partial charge on any atom is -0.478 e. The standard InChI is InChI=1S/C16H26O6/c1-5-6-7-14-10-21-16(4,22-14)13(9-20-12(3)17)8-11(2)15(18)19/h13-14H,2,5-10H2,1,3-4H3,(H,18,19). The van der Waals surface area contributed by atoms with Crippen LogP contribution in [0, 0.1) is 5.92 Å². The van der Waals surface area contributed by atoms with Gasteiger partial charge in [-0.25, -0.2) is 4.79 Å². The molecule has 0 radical (unpaired) electrons. The number of hydrogen-bond acceptors (Lipinski definition) is 5. The molecule has 0 amide bonds. The van der Waals surface area contributed by atoms with Gasteiger partial charge in [0.25, 0.3) is 0 Å². The Morgan fingerprint density at radius 1 is 1.50 bits per heavy atom. The molecule has 3 unspecified atom stereocenters. The molecule has 0 saturated carbocycles. The fourth-order valence-electron chi connectivity index (χ4n) is 2.44. The Hall–Kier alpha value is -1.40. The Kier molecular flexibility index (Phi) is 7.03. The van der Waals surface area contributed by atoms with E-state index < -0.39 is 23.6 Å². The summed E-state index contributed by atoms with van der Waals surface area (Å²) in [6, 6.07) is 0. The maximum Gasteiger partial charge on any atom is 0.330 e. The van der Waals surface area contributed by atoms with Gasteiger partial charge in [0.05, 0.1) is 25.2 Å². The van der Waals surface area contributed by atoms with Crippen molar-refractivity contribution in [1.29, 1.82) is 0 Å². The van der Waals surface area contributed by atoms with E-state index in [4.69, 9.17) is 19.3 Å². The second kappa shape index (κ2) is 8.29. The minimum absolute atomic E-state index is 0.0112. The molecule has 0 bridgehead atoms. The first-order valence-corrected chi connectivity index (χ1v) is 7.64. The lowest BCUT2D eigenvalue weighted by Crippen LogP contribution is -2.40. The highest BCUT2D eigenvalue weighted by atomic mass is 16.7. The van der Waals surface area contributed by atoms with Crippen LogP contribution in [0.4, 0.5) is 0 Å². The van der Waals surface area contributed by atoms with E-state index in [9.17, 15) is 9.59 Å². The number of aliphatic carboxylic acids is 1. The third-order valence-corrected chi connectivity index (χ3v) is 3.86. The maximum absolute atomic E-state index is 11.1. The normalized spacial score (nSPS) is 25.7. The molecule has 1 aliphatic heterocycles. The van der Waals surface area contributed by atoms with Crippen molar-refractivity contribution >= 4 is 11.9 Å². The van der Waals surface area contributed by atoms with Gasteiger partial charge in [-0.1, -0.05) is 26.3 Å². The number of carbonyl (C=O) groups is 2. The first kappa shape index (κ1) is 18.6.